The van der Waals surface area contributed by atoms with Crippen LogP contribution in [0.2, 0.25) is 0 Å². The van der Waals surface area contributed by atoms with Crippen molar-refractivity contribution >= 4 is 11.9 Å². The first-order chi connectivity index (χ1) is 13.2. The van der Waals surface area contributed by atoms with Gasteiger partial charge in [-0.1, -0.05) is 6.42 Å². The molecule has 1 saturated heterocycles. The molecular weight excluding hydrogens is 377 g/mol. The van der Waals surface area contributed by atoms with E-state index >= 15 is 0 Å². The molecule has 1 unspecified atom stereocenters. The quantitative estimate of drug-likeness (QED) is 0.823. The van der Waals surface area contributed by atoms with Gasteiger partial charge in [0.15, 0.2) is 0 Å². The molecule has 28 heavy (non-hydrogen) atoms. The second kappa shape index (κ2) is 8.10. The average Bonchev–Trinajstić information content (AvgIpc) is 3.24. The van der Waals surface area contributed by atoms with Crippen molar-refractivity contribution in [1.29, 1.82) is 0 Å². The first-order valence-corrected chi connectivity index (χ1v) is 9.60. The lowest BCUT2D eigenvalue weighted by atomic mass is 9.90. The van der Waals surface area contributed by atoms with E-state index in [-0.39, 0.29) is 5.91 Å². The number of aromatic nitrogens is 2. The fourth-order valence-electron chi connectivity index (χ4n) is 3.91. The van der Waals surface area contributed by atoms with Gasteiger partial charge >= 0.3 is 12.1 Å². The molecule has 1 aromatic rings. The molecule has 1 aromatic heterocycles. The molecule has 156 valence electrons. The van der Waals surface area contributed by atoms with Gasteiger partial charge in [0.1, 0.15) is 11.5 Å². The van der Waals surface area contributed by atoms with Gasteiger partial charge in [0.05, 0.1) is 6.04 Å². The predicted molar refractivity (Wildman–Crippen MR) is 93.8 cm³/mol. The predicted octanol–water partition coefficient (Wildman–Crippen LogP) is 2.68. The summed E-state index contributed by atoms with van der Waals surface area (Å²) >= 11 is 0. The number of carboxylic acids is 1. The van der Waals surface area contributed by atoms with Crippen molar-refractivity contribution in [2.24, 2.45) is 0 Å². The van der Waals surface area contributed by atoms with Crippen LogP contribution in [-0.2, 0) is 11.3 Å². The number of hydrogen-bond acceptors (Lipinski definition) is 4. The molecule has 3 aliphatic rings. The number of carbonyl (C=O) groups excluding carboxylic acids is 1. The van der Waals surface area contributed by atoms with Crippen LogP contribution in [-0.4, -0.2) is 68.2 Å². The lowest BCUT2D eigenvalue weighted by Gasteiger charge is -2.43. The highest BCUT2D eigenvalue weighted by atomic mass is 19.4. The fraction of sp³-hybridized carbons (Fsp3) is 0.722. The van der Waals surface area contributed by atoms with Crippen LogP contribution in [0.3, 0.4) is 0 Å². The maximum Gasteiger partial charge on any atom is 0.490 e. The van der Waals surface area contributed by atoms with Crippen molar-refractivity contribution < 1.29 is 27.9 Å². The maximum atomic E-state index is 12.5. The van der Waals surface area contributed by atoms with Crippen LogP contribution in [0.25, 0.3) is 0 Å². The third-order valence-electron chi connectivity index (χ3n) is 5.68. The highest BCUT2D eigenvalue weighted by Crippen LogP contribution is 2.34. The summed E-state index contributed by atoms with van der Waals surface area (Å²) in [5.74, 6) is -1.56. The molecule has 1 amide bonds. The standard InChI is InChI=1S/C16H24N4O.C2HF3O2/c1-12-15-17-14(16(21)18-7-2-3-8-18)11-19(15)9-10-20(12)13-5-4-6-13;3-2(4,5)1(6)7/h11-13H,2-10H2,1H3;(H,6,7). The van der Waals surface area contributed by atoms with E-state index in [1.54, 1.807) is 0 Å². The molecule has 1 N–H and O–H groups in total. The zero-order valence-corrected chi connectivity index (χ0v) is 15.8. The summed E-state index contributed by atoms with van der Waals surface area (Å²) in [6.45, 7) is 6.08. The molecule has 10 heteroatoms. The van der Waals surface area contributed by atoms with E-state index in [1.807, 2.05) is 11.1 Å². The molecule has 1 saturated carbocycles. The van der Waals surface area contributed by atoms with Crippen LogP contribution in [0.4, 0.5) is 13.2 Å². The molecule has 4 rings (SSSR count). The van der Waals surface area contributed by atoms with Crippen molar-refractivity contribution in [3.05, 3.63) is 17.7 Å². The normalized spacial score (nSPS) is 22.9. The zero-order chi connectivity index (χ0) is 20.5. The topological polar surface area (TPSA) is 78.7 Å². The van der Waals surface area contributed by atoms with Gasteiger partial charge in [0.2, 0.25) is 0 Å². The lowest BCUT2D eigenvalue weighted by Crippen LogP contribution is -2.46. The number of halogens is 3. The molecule has 1 atom stereocenters. The number of carboxylic acid groups (broad SMARTS) is 1. The second-order valence-corrected chi connectivity index (χ2v) is 7.48. The molecule has 0 bridgehead atoms. The number of likely N-dealkylation sites (tertiary alicyclic amines) is 1. The Labute approximate surface area is 161 Å². The number of alkyl halides is 3. The number of carbonyl (C=O) groups is 2. The van der Waals surface area contributed by atoms with E-state index < -0.39 is 12.1 Å². The van der Waals surface area contributed by atoms with Gasteiger partial charge in [-0.3, -0.25) is 9.69 Å². The lowest BCUT2D eigenvalue weighted by molar-refractivity contribution is -0.192. The molecular formula is C18H25F3N4O3. The third kappa shape index (κ3) is 4.31. The largest absolute Gasteiger partial charge is 0.490 e. The van der Waals surface area contributed by atoms with E-state index in [2.05, 4.69) is 16.4 Å². The van der Waals surface area contributed by atoms with E-state index in [4.69, 9.17) is 14.9 Å². The molecule has 7 nitrogen and oxygen atoms in total. The number of rotatable bonds is 2. The van der Waals surface area contributed by atoms with Gasteiger partial charge in [-0.25, -0.2) is 9.78 Å². The highest BCUT2D eigenvalue weighted by molar-refractivity contribution is 5.92. The molecule has 1 aliphatic carbocycles. The Morgan fingerprint density at radius 3 is 2.21 bits per heavy atom. The Morgan fingerprint density at radius 2 is 1.71 bits per heavy atom. The van der Waals surface area contributed by atoms with Crippen molar-refractivity contribution in [3.8, 4) is 0 Å². The SMILES string of the molecule is CC1c2nc(C(=O)N3CCCC3)cn2CCN1C1CCC1.O=C(O)C(F)(F)F. The van der Waals surface area contributed by atoms with Crippen molar-refractivity contribution in [2.45, 2.75) is 63.8 Å². The number of amides is 1. The summed E-state index contributed by atoms with van der Waals surface area (Å²) in [7, 11) is 0. The number of nitrogens with zero attached hydrogens (tertiary/aromatic N) is 4. The van der Waals surface area contributed by atoms with Gasteiger partial charge in [0, 0.05) is 38.4 Å². The summed E-state index contributed by atoms with van der Waals surface area (Å²) in [6, 6.07) is 1.08. The number of fused-ring (bicyclic) bond motifs is 1. The summed E-state index contributed by atoms with van der Waals surface area (Å²) in [5, 5.41) is 7.12. The summed E-state index contributed by atoms with van der Waals surface area (Å²) < 4.78 is 33.9. The van der Waals surface area contributed by atoms with Crippen molar-refractivity contribution in [3.63, 3.8) is 0 Å². The Morgan fingerprint density at radius 1 is 1.11 bits per heavy atom. The van der Waals surface area contributed by atoms with Gasteiger partial charge < -0.3 is 14.6 Å². The summed E-state index contributed by atoms with van der Waals surface area (Å²) in [5.41, 5.74) is 0.647. The van der Waals surface area contributed by atoms with Crippen LogP contribution in [0.15, 0.2) is 6.20 Å². The van der Waals surface area contributed by atoms with Crippen molar-refractivity contribution in [1.82, 2.24) is 19.4 Å². The minimum absolute atomic E-state index is 0.122. The first kappa shape index (κ1) is 20.6. The highest BCUT2D eigenvalue weighted by Gasteiger charge is 2.38. The van der Waals surface area contributed by atoms with Crippen LogP contribution in [0.5, 0.6) is 0 Å². The minimum atomic E-state index is -5.08. The molecule has 0 spiro atoms. The molecule has 2 aliphatic heterocycles. The molecule has 3 heterocycles. The number of aliphatic carboxylic acids is 1. The Balaban J connectivity index is 0.000000279. The minimum Gasteiger partial charge on any atom is -0.475 e. The third-order valence-corrected chi connectivity index (χ3v) is 5.68. The summed E-state index contributed by atoms with van der Waals surface area (Å²) in [6.07, 6.45) is 3.16. The van der Waals surface area contributed by atoms with E-state index in [1.165, 1.54) is 19.3 Å². The average molecular weight is 402 g/mol. The Bertz CT molecular complexity index is 724. The Kier molecular flexibility index (Phi) is 5.97. The van der Waals surface area contributed by atoms with Crippen LogP contribution < -0.4 is 0 Å². The second-order valence-electron chi connectivity index (χ2n) is 7.48. The Hall–Kier alpha value is -2.10. The van der Waals surface area contributed by atoms with Gasteiger partial charge in [0.25, 0.3) is 5.91 Å². The zero-order valence-electron chi connectivity index (χ0n) is 15.8. The monoisotopic (exact) mass is 402 g/mol. The van der Waals surface area contributed by atoms with Gasteiger partial charge in [-0.05, 0) is 32.6 Å². The van der Waals surface area contributed by atoms with E-state index in [0.717, 1.165) is 50.9 Å². The van der Waals surface area contributed by atoms with Crippen molar-refractivity contribution in [2.75, 3.05) is 19.6 Å². The van der Waals surface area contributed by atoms with Gasteiger partial charge in [-0.2, -0.15) is 13.2 Å². The molecule has 2 fully saturated rings. The van der Waals surface area contributed by atoms with E-state index in [9.17, 15) is 18.0 Å². The smallest absolute Gasteiger partial charge is 0.475 e. The summed E-state index contributed by atoms with van der Waals surface area (Å²) in [4.78, 5) is 30.6. The number of hydrogen-bond donors (Lipinski definition) is 1. The molecule has 0 aromatic carbocycles. The molecule has 0 radical (unpaired) electrons. The van der Waals surface area contributed by atoms with E-state index in [0.29, 0.717) is 11.7 Å². The van der Waals surface area contributed by atoms with Crippen LogP contribution in [0, 0.1) is 0 Å². The number of imidazole rings is 1. The fourth-order valence-corrected chi connectivity index (χ4v) is 3.91. The first-order valence-electron chi connectivity index (χ1n) is 9.60. The van der Waals surface area contributed by atoms with Crippen LogP contribution in [0.1, 0.15) is 61.4 Å². The van der Waals surface area contributed by atoms with Gasteiger partial charge in [-0.15, -0.1) is 0 Å². The maximum absolute atomic E-state index is 12.5. The van der Waals surface area contributed by atoms with Crippen LogP contribution >= 0.6 is 0 Å².